The summed E-state index contributed by atoms with van der Waals surface area (Å²) >= 11 is 0. The number of rotatable bonds is 4. The minimum atomic E-state index is -0.557. The average molecular weight is 238 g/mol. The van der Waals surface area contributed by atoms with E-state index in [9.17, 15) is 5.11 Å². The van der Waals surface area contributed by atoms with E-state index in [0.717, 1.165) is 24.3 Å². The van der Waals surface area contributed by atoms with E-state index in [-0.39, 0.29) is 6.10 Å². The zero-order valence-electron chi connectivity index (χ0n) is 10.2. The van der Waals surface area contributed by atoms with E-state index in [1.54, 1.807) is 20.1 Å². The molecule has 1 aliphatic rings. The highest BCUT2D eigenvalue weighted by Crippen LogP contribution is 2.31. The van der Waals surface area contributed by atoms with Crippen LogP contribution >= 0.6 is 0 Å². The summed E-state index contributed by atoms with van der Waals surface area (Å²) in [5.41, 5.74) is 0.776. The lowest BCUT2D eigenvalue weighted by Gasteiger charge is -2.17. The molecule has 0 radical (unpaired) electrons. The Morgan fingerprint density at radius 1 is 1.47 bits per heavy atom. The highest BCUT2D eigenvalue weighted by Gasteiger charge is 2.20. The second-order valence-corrected chi connectivity index (χ2v) is 4.18. The van der Waals surface area contributed by atoms with Gasteiger partial charge in [-0.15, -0.1) is 0 Å². The standard InChI is InChI=1S/C13H18O4/c1-9(14)12-4-3-10(15-2)7-13(12)17-11-5-6-16-8-11/h3-4,7,9,11,14H,5-6,8H2,1-2H3/t9-,11?/m1/s1. The number of aliphatic hydroxyl groups excluding tert-OH is 1. The summed E-state index contributed by atoms with van der Waals surface area (Å²) < 4.78 is 16.3. The molecular weight excluding hydrogens is 220 g/mol. The molecule has 2 rings (SSSR count). The van der Waals surface area contributed by atoms with Crippen LogP contribution in [0.3, 0.4) is 0 Å². The Kier molecular flexibility index (Phi) is 3.86. The highest BCUT2D eigenvalue weighted by atomic mass is 16.5. The first kappa shape index (κ1) is 12.2. The minimum Gasteiger partial charge on any atom is -0.497 e. The Morgan fingerprint density at radius 3 is 2.88 bits per heavy atom. The molecule has 1 unspecified atom stereocenters. The molecule has 2 atom stereocenters. The lowest BCUT2D eigenvalue weighted by atomic mass is 10.1. The van der Waals surface area contributed by atoms with Crippen LogP contribution in [0.4, 0.5) is 0 Å². The van der Waals surface area contributed by atoms with Crippen LogP contribution in [0.15, 0.2) is 18.2 Å². The first-order valence-corrected chi connectivity index (χ1v) is 5.81. The maximum Gasteiger partial charge on any atom is 0.129 e. The first-order chi connectivity index (χ1) is 8.20. The van der Waals surface area contributed by atoms with Crippen molar-refractivity contribution in [2.24, 2.45) is 0 Å². The van der Waals surface area contributed by atoms with Gasteiger partial charge < -0.3 is 19.3 Å². The first-order valence-electron chi connectivity index (χ1n) is 5.81. The van der Waals surface area contributed by atoms with Crippen molar-refractivity contribution in [1.29, 1.82) is 0 Å². The smallest absolute Gasteiger partial charge is 0.129 e. The third-order valence-corrected chi connectivity index (χ3v) is 2.85. The van der Waals surface area contributed by atoms with Crippen LogP contribution in [0.5, 0.6) is 11.5 Å². The van der Waals surface area contributed by atoms with Crippen LogP contribution < -0.4 is 9.47 Å². The predicted octanol–water partition coefficient (Wildman–Crippen LogP) is 1.92. The molecule has 4 heteroatoms. The Labute approximate surface area is 101 Å². The lowest BCUT2D eigenvalue weighted by molar-refractivity contribution is 0.135. The summed E-state index contributed by atoms with van der Waals surface area (Å²) in [4.78, 5) is 0. The van der Waals surface area contributed by atoms with Crippen molar-refractivity contribution in [2.45, 2.75) is 25.6 Å². The van der Waals surface area contributed by atoms with Gasteiger partial charge in [-0.3, -0.25) is 0 Å². The molecule has 0 spiro atoms. The quantitative estimate of drug-likeness (QED) is 0.870. The van der Waals surface area contributed by atoms with Crippen LogP contribution in [-0.2, 0) is 4.74 Å². The zero-order valence-corrected chi connectivity index (χ0v) is 10.2. The van der Waals surface area contributed by atoms with E-state index in [0.29, 0.717) is 12.4 Å². The Balaban J connectivity index is 2.21. The monoisotopic (exact) mass is 238 g/mol. The van der Waals surface area contributed by atoms with Crippen LogP contribution in [0.1, 0.15) is 25.0 Å². The van der Waals surface area contributed by atoms with Crippen molar-refractivity contribution >= 4 is 0 Å². The summed E-state index contributed by atoms with van der Waals surface area (Å²) in [6.07, 6.45) is 0.397. The molecule has 0 saturated carbocycles. The fourth-order valence-corrected chi connectivity index (χ4v) is 1.87. The average Bonchev–Trinajstić information content (AvgIpc) is 2.81. The van der Waals surface area contributed by atoms with Crippen LogP contribution in [0.2, 0.25) is 0 Å². The topological polar surface area (TPSA) is 47.9 Å². The van der Waals surface area contributed by atoms with Gasteiger partial charge in [0.2, 0.25) is 0 Å². The second kappa shape index (κ2) is 5.38. The third-order valence-electron chi connectivity index (χ3n) is 2.85. The van der Waals surface area contributed by atoms with Crippen molar-refractivity contribution in [2.75, 3.05) is 20.3 Å². The Morgan fingerprint density at radius 2 is 2.29 bits per heavy atom. The molecule has 1 fully saturated rings. The van der Waals surface area contributed by atoms with E-state index in [2.05, 4.69) is 0 Å². The molecule has 1 N–H and O–H groups in total. The maximum atomic E-state index is 9.69. The zero-order chi connectivity index (χ0) is 12.3. The summed E-state index contributed by atoms with van der Waals surface area (Å²) in [7, 11) is 1.61. The van der Waals surface area contributed by atoms with Crippen molar-refractivity contribution in [3.05, 3.63) is 23.8 Å². The summed E-state index contributed by atoms with van der Waals surface area (Å²) in [6.45, 7) is 3.06. The Bertz CT molecular complexity index is 370. The largest absolute Gasteiger partial charge is 0.497 e. The fourth-order valence-electron chi connectivity index (χ4n) is 1.87. The van der Waals surface area contributed by atoms with Gasteiger partial charge in [0.05, 0.1) is 26.4 Å². The fraction of sp³-hybridized carbons (Fsp3) is 0.538. The lowest BCUT2D eigenvalue weighted by Crippen LogP contribution is -2.17. The molecule has 0 amide bonds. The SMILES string of the molecule is COc1ccc([C@@H](C)O)c(OC2CCOC2)c1. The summed E-state index contributed by atoms with van der Waals surface area (Å²) in [5, 5.41) is 9.69. The number of ether oxygens (including phenoxy) is 3. The summed E-state index contributed by atoms with van der Waals surface area (Å²) in [5.74, 6) is 1.40. The second-order valence-electron chi connectivity index (χ2n) is 4.18. The van der Waals surface area contributed by atoms with Crippen LogP contribution in [0.25, 0.3) is 0 Å². The molecule has 94 valence electrons. The van der Waals surface area contributed by atoms with Gasteiger partial charge in [0, 0.05) is 18.1 Å². The number of benzene rings is 1. The number of methoxy groups -OCH3 is 1. The van der Waals surface area contributed by atoms with Gasteiger partial charge in [0.1, 0.15) is 17.6 Å². The number of aliphatic hydroxyl groups is 1. The molecule has 0 aliphatic carbocycles. The normalized spacial score (nSPS) is 21.2. The molecule has 1 saturated heterocycles. The van der Waals surface area contributed by atoms with E-state index in [4.69, 9.17) is 14.2 Å². The third kappa shape index (κ3) is 2.90. The molecule has 1 aromatic rings. The molecule has 1 heterocycles. The summed E-state index contributed by atoms with van der Waals surface area (Å²) in [6, 6.07) is 5.45. The van der Waals surface area contributed by atoms with Gasteiger partial charge in [-0.05, 0) is 19.1 Å². The van der Waals surface area contributed by atoms with Crippen molar-refractivity contribution < 1.29 is 19.3 Å². The molecule has 0 aromatic heterocycles. The Hall–Kier alpha value is -1.26. The predicted molar refractivity (Wildman–Crippen MR) is 63.5 cm³/mol. The molecular formula is C13H18O4. The maximum absolute atomic E-state index is 9.69. The molecule has 4 nitrogen and oxygen atoms in total. The van der Waals surface area contributed by atoms with Crippen molar-refractivity contribution in [1.82, 2.24) is 0 Å². The number of hydrogen-bond donors (Lipinski definition) is 1. The van der Waals surface area contributed by atoms with E-state index in [1.165, 1.54) is 0 Å². The van der Waals surface area contributed by atoms with Crippen LogP contribution in [-0.4, -0.2) is 31.5 Å². The van der Waals surface area contributed by atoms with Gasteiger partial charge in [-0.2, -0.15) is 0 Å². The molecule has 0 bridgehead atoms. The van der Waals surface area contributed by atoms with Gasteiger partial charge >= 0.3 is 0 Å². The number of hydrogen-bond acceptors (Lipinski definition) is 4. The van der Waals surface area contributed by atoms with E-state index in [1.807, 2.05) is 12.1 Å². The van der Waals surface area contributed by atoms with Gasteiger partial charge in [0.25, 0.3) is 0 Å². The van der Waals surface area contributed by atoms with Gasteiger partial charge in [-0.25, -0.2) is 0 Å². The van der Waals surface area contributed by atoms with Gasteiger partial charge in [-0.1, -0.05) is 0 Å². The van der Waals surface area contributed by atoms with Crippen LogP contribution in [0, 0.1) is 0 Å². The van der Waals surface area contributed by atoms with Crippen molar-refractivity contribution in [3.8, 4) is 11.5 Å². The van der Waals surface area contributed by atoms with E-state index < -0.39 is 6.10 Å². The van der Waals surface area contributed by atoms with Gasteiger partial charge in [0.15, 0.2) is 0 Å². The minimum absolute atomic E-state index is 0.0691. The highest BCUT2D eigenvalue weighted by molar-refractivity contribution is 5.42. The molecule has 1 aromatic carbocycles. The van der Waals surface area contributed by atoms with E-state index >= 15 is 0 Å². The molecule has 17 heavy (non-hydrogen) atoms. The van der Waals surface area contributed by atoms with Crippen molar-refractivity contribution in [3.63, 3.8) is 0 Å². The molecule has 1 aliphatic heterocycles.